The van der Waals surface area contributed by atoms with Crippen LogP contribution in [0.15, 0.2) is 77.6 Å². The van der Waals surface area contributed by atoms with E-state index >= 15 is 0 Å². The second kappa shape index (κ2) is 8.51. The first-order valence-corrected chi connectivity index (χ1v) is 10.5. The number of rotatable bonds is 5. The number of amides is 1. The number of benzene rings is 3. The topological polar surface area (TPSA) is 81.8 Å². The average Bonchev–Trinajstić information content (AvgIpc) is 3.23. The highest BCUT2D eigenvalue weighted by Crippen LogP contribution is 2.30. The maximum absolute atomic E-state index is 13.7. The van der Waals surface area contributed by atoms with E-state index in [-0.39, 0.29) is 23.7 Å². The zero-order valence-electron chi connectivity index (χ0n) is 18.1. The molecule has 2 aromatic heterocycles. The van der Waals surface area contributed by atoms with Crippen LogP contribution in [-0.2, 0) is 18.3 Å². The van der Waals surface area contributed by atoms with Crippen molar-refractivity contribution < 1.29 is 13.6 Å². The van der Waals surface area contributed by atoms with Crippen LogP contribution in [0.5, 0.6) is 0 Å². The number of aromatic nitrogens is 4. The summed E-state index contributed by atoms with van der Waals surface area (Å²) in [5, 5.41) is 8.16. The number of hydrogen-bond donors (Lipinski definition) is 1. The second-order valence-corrected chi connectivity index (χ2v) is 7.80. The third kappa shape index (κ3) is 3.81. The van der Waals surface area contributed by atoms with E-state index in [2.05, 4.69) is 15.4 Å². The Morgan fingerprint density at radius 1 is 0.971 bits per heavy atom. The van der Waals surface area contributed by atoms with Gasteiger partial charge in [-0.15, -0.1) is 0 Å². The van der Waals surface area contributed by atoms with Crippen LogP contribution in [0.3, 0.4) is 0 Å². The van der Waals surface area contributed by atoms with E-state index in [1.807, 2.05) is 0 Å². The highest BCUT2D eigenvalue weighted by molar-refractivity contribution is 5.95. The summed E-state index contributed by atoms with van der Waals surface area (Å²) < 4.78 is 29.6. The molecule has 0 unspecified atom stereocenters. The molecule has 5 aromatic rings. The quantitative estimate of drug-likeness (QED) is 0.419. The predicted octanol–water partition coefficient (Wildman–Crippen LogP) is 4.53. The van der Waals surface area contributed by atoms with Crippen molar-refractivity contribution in [1.82, 2.24) is 19.3 Å². The maximum Gasteiger partial charge on any atom is 0.320 e. The zero-order valence-corrected chi connectivity index (χ0v) is 18.1. The molecule has 0 saturated heterocycles. The number of hydrogen-bond acceptors (Lipinski definition) is 4. The summed E-state index contributed by atoms with van der Waals surface area (Å²) in [5.41, 5.74) is 2.08. The molecule has 7 nitrogen and oxygen atoms in total. The molecule has 3 aromatic carbocycles. The van der Waals surface area contributed by atoms with Gasteiger partial charge in [0.05, 0.1) is 28.5 Å². The Morgan fingerprint density at radius 3 is 2.38 bits per heavy atom. The molecular formula is C25H19F2N5O2. The van der Waals surface area contributed by atoms with Gasteiger partial charge >= 0.3 is 6.55 Å². The normalized spacial score (nSPS) is 11.4. The van der Waals surface area contributed by atoms with Gasteiger partial charge in [0.25, 0.3) is 5.56 Å². The van der Waals surface area contributed by atoms with E-state index in [4.69, 9.17) is 0 Å². The molecule has 1 N–H and O–H groups in total. The SMILES string of the molecule is Cn1nc(CC(=O)Nc2ccc(-c3nc4ccccc4n3C(F)F)cc2)c2ccccc2c1=O. The summed E-state index contributed by atoms with van der Waals surface area (Å²) >= 11 is 0. The van der Waals surface area contributed by atoms with Crippen molar-refractivity contribution in [3.8, 4) is 11.4 Å². The first-order valence-electron chi connectivity index (χ1n) is 10.5. The number of nitrogens with zero attached hydrogens (tertiary/aromatic N) is 4. The Hall–Kier alpha value is -4.40. The van der Waals surface area contributed by atoms with Crippen LogP contribution in [0.4, 0.5) is 14.5 Å². The number of carbonyl (C=O) groups is 1. The molecule has 0 atom stereocenters. The smallest absolute Gasteiger partial charge is 0.320 e. The molecule has 2 heterocycles. The van der Waals surface area contributed by atoms with Crippen molar-refractivity contribution in [3.63, 3.8) is 0 Å². The largest absolute Gasteiger partial charge is 0.326 e. The third-order valence-electron chi connectivity index (χ3n) is 5.58. The standard InChI is InChI=1S/C25H19F2N5O2/c1-31-24(34)18-7-3-2-6-17(18)20(30-31)14-22(33)28-16-12-10-15(11-13-16)23-29-19-8-4-5-9-21(19)32(23)25(26)27/h2-13,25H,14H2,1H3,(H,28,33). The third-order valence-corrected chi connectivity index (χ3v) is 5.58. The average molecular weight is 459 g/mol. The van der Waals surface area contributed by atoms with E-state index in [0.717, 1.165) is 4.57 Å². The van der Waals surface area contributed by atoms with Gasteiger partial charge in [0.15, 0.2) is 0 Å². The van der Waals surface area contributed by atoms with Gasteiger partial charge in [0.1, 0.15) is 5.82 Å². The van der Waals surface area contributed by atoms with E-state index in [0.29, 0.717) is 38.8 Å². The van der Waals surface area contributed by atoms with Gasteiger partial charge in [-0.3, -0.25) is 14.2 Å². The highest BCUT2D eigenvalue weighted by Gasteiger charge is 2.19. The van der Waals surface area contributed by atoms with Crippen LogP contribution in [0.25, 0.3) is 33.2 Å². The molecule has 0 bridgehead atoms. The summed E-state index contributed by atoms with van der Waals surface area (Å²) in [6.45, 7) is -2.74. The molecule has 9 heteroatoms. The van der Waals surface area contributed by atoms with Crippen LogP contribution in [0.2, 0.25) is 0 Å². The molecule has 0 radical (unpaired) electrons. The van der Waals surface area contributed by atoms with Crippen LogP contribution in [-0.4, -0.2) is 25.2 Å². The zero-order chi connectivity index (χ0) is 23.8. The fraction of sp³-hybridized carbons (Fsp3) is 0.120. The summed E-state index contributed by atoms with van der Waals surface area (Å²) in [6.07, 6.45) is -0.0302. The lowest BCUT2D eigenvalue weighted by Gasteiger charge is -2.10. The predicted molar refractivity (Wildman–Crippen MR) is 126 cm³/mol. The van der Waals surface area contributed by atoms with Gasteiger partial charge in [0.2, 0.25) is 5.91 Å². The van der Waals surface area contributed by atoms with Crippen molar-refractivity contribution in [2.75, 3.05) is 5.32 Å². The Bertz CT molecular complexity index is 1590. The molecule has 5 rings (SSSR count). The number of carbonyl (C=O) groups excluding carboxylic acids is 1. The van der Waals surface area contributed by atoms with Gasteiger partial charge in [-0.05, 0) is 42.5 Å². The molecule has 0 aliphatic heterocycles. The number of halogens is 2. The minimum Gasteiger partial charge on any atom is -0.326 e. The Kier molecular flexibility index (Phi) is 5.37. The van der Waals surface area contributed by atoms with Crippen LogP contribution in [0.1, 0.15) is 12.2 Å². The number of imidazole rings is 1. The maximum atomic E-state index is 13.7. The van der Waals surface area contributed by atoms with E-state index in [1.54, 1.807) is 79.8 Å². The Morgan fingerprint density at radius 2 is 1.65 bits per heavy atom. The molecule has 0 saturated carbocycles. The summed E-state index contributed by atoms with van der Waals surface area (Å²) in [5.74, 6) is -0.168. The fourth-order valence-corrected chi connectivity index (χ4v) is 4.01. The van der Waals surface area contributed by atoms with Gasteiger partial charge in [-0.1, -0.05) is 30.3 Å². The summed E-state index contributed by atoms with van der Waals surface area (Å²) in [6, 6.07) is 20.3. The van der Waals surface area contributed by atoms with Crippen molar-refractivity contribution in [1.29, 1.82) is 0 Å². The first kappa shape index (κ1) is 21.4. The lowest BCUT2D eigenvalue weighted by Crippen LogP contribution is -2.24. The van der Waals surface area contributed by atoms with Crippen LogP contribution < -0.4 is 10.9 Å². The van der Waals surface area contributed by atoms with E-state index < -0.39 is 6.55 Å². The molecule has 1 amide bonds. The summed E-state index contributed by atoms with van der Waals surface area (Å²) in [7, 11) is 1.54. The van der Waals surface area contributed by atoms with Crippen molar-refractivity contribution in [2.24, 2.45) is 7.05 Å². The number of para-hydroxylation sites is 2. The molecule has 0 fully saturated rings. The lowest BCUT2D eigenvalue weighted by molar-refractivity contribution is -0.115. The number of fused-ring (bicyclic) bond motifs is 2. The van der Waals surface area contributed by atoms with Crippen molar-refractivity contribution in [3.05, 3.63) is 88.8 Å². The summed E-state index contributed by atoms with van der Waals surface area (Å²) in [4.78, 5) is 29.3. The Labute approximate surface area is 192 Å². The highest BCUT2D eigenvalue weighted by atomic mass is 19.3. The van der Waals surface area contributed by atoms with E-state index in [9.17, 15) is 18.4 Å². The molecule has 0 aliphatic carbocycles. The molecule has 0 spiro atoms. The lowest BCUT2D eigenvalue weighted by atomic mass is 10.1. The number of anilines is 1. The monoisotopic (exact) mass is 459 g/mol. The molecule has 170 valence electrons. The minimum atomic E-state index is -2.74. The van der Waals surface area contributed by atoms with Gasteiger partial charge in [0, 0.05) is 23.7 Å². The molecule has 0 aliphatic rings. The first-order chi connectivity index (χ1) is 16.4. The molecule has 34 heavy (non-hydrogen) atoms. The second-order valence-electron chi connectivity index (χ2n) is 7.80. The van der Waals surface area contributed by atoms with E-state index in [1.165, 1.54) is 4.68 Å². The van der Waals surface area contributed by atoms with Gasteiger partial charge in [-0.25, -0.2) is 9.67 Å². The van der Waals surface area contributed by atoms with Crippen LogP contribution in [0, 0.1) is 0 Å². The number of aryl methyl sites for hydroxylation is 1. The Balaban J connectivity index is 1.39. The van der Waals surface area contributed by atoms with Crippen LogP contribution >= 0.6 is 0 Å². The fourth-order valence-electron chi connectivity index (χ4n) is 4.01. The minimum absolute atomic E-state index is 0.0302. The van der Waals surface area contributed by atoms with Crippen molar-refractivity contribution in [2.45, 2.75) is 13.0 Å². The molecular weight excluding hydrogens is 440 g/mol. The van der Waals surface area contributed by atoms with Gasteiger partial charge in [-0.2, -0.15) is 13.9 Å². The van der Waals surface area contributed by atoms with Crippen molar-refractivity contribution >= 4 is 33.4 Å². The number of alkyl halides is 2. The number of nitrogens with one attached hydrogen (secondary N) is 1. The van der Waals surface area contributed by atoms with Gasteiger partial charge < -0.3 is 5.32 Å².